The second-order valence-corrected chi connectivity index (χ2v) is 15.5. The molecule has 0 unspecified atom stereocenters. The lowest BCUT2D eigenvalue weighted by molar-refractivity contribution is 0.277. The molecular formula is C23H26Cl3N3Si-. The molecule has 0 radical (unpaired) electrons. The van der Waals surface area contributed by atoms with Crippen LogP contribution in [0, 0.1) is 6.92 Å². The van der Waals surface area contributed by atoms with Crippen LogP contribution in [0.2, 0.25) is 40.3 Å². The molecule has 0 aliphatic carbocycles. The normalized spacial score (nSPS) is 16.7. The van der Waals surface area contributed by atoms with Crippen molar-refractivity contribution in [1.82, 2.24) is 14.7 Å². The number of nitrogens with zero attached hydrogens (tertiary/aromatic N) is 3. The van der Waals surface area contributed by atoms with E-state index in [-0.39, 0.29) is 0 Å². The van der Waals surface area contributed by atoms with E-state index in [0.717, 1.165) is 42.3 Å². The average molecular weight is 479 g/mol. The van der Waals surface area contributed by atoms with Crippen LogP contribution in [-0.2, 0) is 6.54 Å². The largest absolute Gasteiger partial charge is 0.303 e. The molecule has 1 aromatic heterocycles. The summed E-state index contributed by atoms with van der Waals surface area (Å²) in [6.45, 7) is 10.3. The molecular weight excluding hydrogens is 453 g/mol. The topological polar surface area (TPSA) is 21.1 Å². The zero-order valence-corrected chi connectivity index (χ0v) is 20.8. The van der Waals surface area contributed by atoms with Crippen LogP contribution in [0.3, 0.4) is 0 Å². The minimum absolute atomic E-state index is 0.581. The van der Waals surface area contributed by atoms with Gasteiger partial charge in [-0.2, -0.15) is 18.2 Å². The van der Waals surface area contributed by atoms with Crippen LogP contribution >= 0.6 is 34.8 Å². The SMILES string of the molecule is Cc1c(CN2CC[Si-](C)(C)CC2)nn(-c2ccc(Cl)cc2Cl)c1-c1ccc(Cl)cc1. The first-order valence-electron chi connectivity index (χ1n) is 10.3. The van der Waals surface area contributed by atoms with Gasteiger partial charge in [-0.3, -0.25) is 0 Å². The molecule has 0 amide bonds. The molecule has 1 aliphatic rings. The molecule has 1 saturated heterocycles. The Morgan fingerprint density at radius 3 is 2.20 bits per heavy atom. The number of rotatable bonds is 4. The monoisotopic (exact) mass is 477 g/mol. The highest BCUT2D eigenvalue weighted by Crippen LogP contribution is 2.34. The number of hydrogen-bond donors (Lipinski definition) is 0. The molecule has 2 heterocycles. The zero-order chi connectivity index (χ0) is 21.5. The van der Waals surface area contributed by atoms with Gasteiger partial charge >= 0.3 is 0 Å². The lowest BCUT2D eigenvalue weighted by Gasteiger charge is -2.43. The van der Waals surface area contributed by atoms with Crippen molar-refractivity contribution in [2.75, 3.05) is 13.1 Å². The molecule has 159 valence electrons. The average Bonchev–Trinajstić information content (AvgIpc) is 3.00. The van der Waals surface area contributed by atoms with Crippen molar-refractivity contribution in [2.45, 2.75) is 38.7 Å². The minimum atomic E-state index is -1.00. The van der Waals surface area contributed by atoms with Crippen molar-refractivity contribution in [3.8, 4) is 16.9 Å². The van der Waals surface area contributed by atoms with Gasteiger partial charge in [0.05, 0.1) is 22.1 Å². The summed E-state index contributed by atoms with van der Waals surface area (Å²) in [6, 6.07) is 16.1. The molecule has 1 aliphatic heterocycles. The molecule has 0 spiro atoms. The molecule has 3 nitrogen and oxygen atoms in total. The van der Waals surface area contributed by atoms with E-state index >= 15 is 0 Å². The van der Waals surface area contributed by atoms with E-state index in [1.54, 1.807) is 6.07 Å². The first-order valence-corrected chi connectivity index (χ1v) is 14.8. The van der Waals surface area contributed by atoms with Crippen molar-refractivity contribution < 1.29 is 0 Å². The first-order chi connectivity index (χ1) is 14.2. The van der Waals surface area contributed by atoms with Gasteiger partial charge in [0.15, 0.2) is 0 Å². The molecule has 1 fully saturated rings. The summed E-state index contributed by atoms with van der Waals surface area (Å²) in [5.74, 6) is 0. The lowest BCUT2D eigenvalue weighted by Crippen LogP contribution is -2.42. The molecule has 2 aromatic carbocycles. The Morgan fingerprint density at radius 2 is 1.57 bits per heavy atom. The molecule has 0 saturated carbocycles. The summed E-state index contributed by atoms with van der Waals surface area (Å²) in [7, 11) is -1.00. The molecule has 4 rings (SSSR count). The standard InChI is InChI=1S/C23H26Cl3N3Si/c1-16-21(15-28-10-12-30(2,3)13-11-28)27-29(22-9-8-19(25)14-20(22)26)23(16)17-4-6-18(24)7-5-17/h4-9,14H,10-13,15H2,1-3H3/q-1. The van der Waals surface area contributed by atoms with Crippen molar-refractivity contribution >= 4 is 42.9 Å². The third-order valence-electron chi connectivity index (χ3n) is 6.06. The van der Waals surface area contributed by atoms with Crippen molar-refractivity contribution in [1.29, 1.82) is 0 Å². The fraction of sp³-hybridized carbons (Fsp3) is 0.348. The molecule has 30 heavy (non-hydrogen) atoms. The molecule has 0 bridgehead atoms. The van der Waals surface area contributed by atoms with Crippen molar-refractivity contribution in [3.05, 3.63) is 68.8 Å². The van der Waals surface area contributed by atoms with Gasteiger partial charge in [0.2, 0.25) is 0 Å². The lowest BCUT2D eigenvalue weighted by atomic mass is 10.1. The van der Waals surface area contributed by atoms with Crippen LogP contribution in [0.5, 0.6) is 0 Å². The maximum Gasteiger partial charge on any atom is 0.0840 e. The van der Waals surface area contributed by atoms with Crippen molar-refractivity contribution in [3.63, 3.8) is 0 Å². The van der Waals surface area contributed by atoms with Gasteiger partial charge < -0.3 is 4.90 Å². The Morgan fingerprint density at radius 1 is 0.933 bits per heavy atom. The fourth-order valence-corrected chi connectivity index (χ4v) is 6.70. The molecule has 0 atom stereocenters. The van der Waals surface area contributed by atoms with Crippen LogP contribution in [-0.4, -0.2) is 35.8 Å². The highest BCUT2D eigenvalue weighted by molar-refractivity contribution is 6.77. The van der Waals surface area contributed by atoms with E-state index in [9.17, 15) is 0 Å². The number of halogens is 3. The summed E-state index contributed by atoms with van der Waals surface area (Å²) in [5.41, 5.74) is 5.19. The Bertz CT molecular complexity index is 1050. The Kier molecular flexibility index (Phi) is 6.34. The van der Waals surface area contributed by atoms with E-state index < -0.39 is 8.07 Å². The van der Waals surface area contributed by atoms with Crippen LogP contribution in [0.15, 0.2) is 42.5 Å². The van der Waals surface area contributed by atoms with Crippen LogP contribution in [0.25, 0.3) is 16.9 Å². The van der Waals surface area contributed by atoms with Gasteiger partial charge in [-0.1, -0.05) is 46.9 Å². The van der Waals surface area contributed by atoms with Gasteiger partial charge in [0.1, 0.15) is 0 Å². The molecule has 7 heteroatoms. The van der Waals surface area contributed by atoms with Gasteiger partial charge in [-0.15, -0.1) is 20.2 Å². The summed E-state index contributed by atoms with van der Waals surface area (Å²) >= 11 is 18.8. The summed E-state index contributed by atoms with van der Waals surface area (Å²) in [6.07, 6.45) is 0. The van der Waals surface area contributed by atoms with Gasteiger partial charge in [-0.05, 0) is 55.9 Å². The highest BCUT2D eigenvalue weighted by atomic mass is 35.5. The Balaban J connectivity index is 1.76. The van der Waals surface area contributed by atoms with Crippen LogP contribution in [0.1, 0.15) is 11.3 Å². The third kappa shape index (κ3) is 4.63. The second kappa shape index (κ2) is 8.68. The fourth-order valence-electron chi connectivity index (χ4n) is 3.99. The predicted molar refractivity (Wildman–Crippen MR) is 131 cm³/mol. The van der Waals surface area contributed by atoms with E-state index in [1.807, 2.05) is 41.1 Å². The first kappa shape index (κ1) is 21.9. The number of benzene rings is 2. The van der Waals surface area contributed by atoms with Gasteiger partial charge in [-0.25, -0.2) is 4.68 Å². The van der Waals surface area contributed by atoms with E-state index in [4.69, 9.17) is 39.9 Å². The maximum atomic E-state index is 6.56. The van der Waals surface area contributed by atoms with E-state index in [2.05, 4.69) is 24.9 Å². The highest BCUT2D eigenvalue weighted by Gasteiger charge is 2.23. The smallest absolute Gasteiger partial charge is 0.0840 e. The van der Waals surface area contributed by atoms with Crippen LogP contribution < -0.4 is 0 Å². The van der Waals surface area contributed by atoms with Crippen molar-refractivity contribution in [2.24, 2.45) is 0 Å². The van der Waals surface area contributed by atoms with Crippen LogP contribution in [0.4, 0.5) is 0 Å². The molecule has 0 N–H and O–H groups in total. The maximum absolute atomic E-state index is 6.56. The number of aromatic nitrogens is 2. The summed E-state index contributed by atoms with van der Waals surface area (Å²) in [4.78, 5) is 2.53. The molecule has 3 aromatic rings. The quantitative estimate of drug-likeness (QED) is 0.366. The summed E-state index contributed by atoms with van der Waals surface area (Å²) < 4.78 is 1.95. The van der Waals surface area contributed by atoms with E-state index in [1.165, 1.54) is 17.7 Å². The van der Waals surface area contributed by atoms with Gasteiger partial charge in [0, 0.05) is 22.2 Å². The Hall–Kier alpha value is -1.30. The minimum Gasteiger partial charge on any atom is -0.303 e. The van der Waals surface area contributed by atoms with E-state index in [0.29, 0.717) is 15.1 Å². The predicted octanol–water partition coefficient (Wildman–Crippen LogP) is 7.33. The van der Waals surface area contributed by atoms with Gasteiger partial charge in [0.25, 0.3) is 0 Å². The second-order valence-electron chi connectivity index (χ2n) is 8.88. The third-order valence-corrected chi connectivity index (χ3v) is 10.0. The summed E-state index contributed by atoms with van der Waals surface area (Å²) in [5, 5.41) is 6.93. The Labute approximate surface area is 194 Å². The number of hydrogen-bond acceptors (Lipinski definition) is 2. The zero-order valence-electron chi connectivity index (χ0n) is 17.6.